The first kappa shape index (κ1) is 23.3. The zero-order valence-electron chi connectivity index (χ0n) is 18.4. The number of hydrogen-bond acceptors (Lipinski definition) is 5. The molecule has 0 spiro atoms. The SMILES string of the molecule is Cc1ccc(NC(=O)Cc2nnc(SCC(=O)NC3CCCC3)n2-c2ccccc2)cc1Cl. The molecule has 9 heteroatoms. The van der Waals surface area contributed by atoms with E-state index in [0.29, 0.717) is 21.7 Å². The van der Waals surface area contributed by atoms with Gasteiger partial charge in [-0.3, -0.25) is 14.2 Å². The van der Waals surface area contributed by atoms with E-state index in [1.54, 1.807) is 6.07 Å². The summed E-state index contributed by atoms with van der Waals surface area (Å²) in [5, 5.41) is 15.7. The molecule has 0 unspecified atom stereocenters. The first-order valence-electron chi connectivity index (χ1n) is 11.0. The second-order valence-electron chi connectivity index (χ2n) is 8.10. The Bertz CT molecular complexity index is 1130. The Morgan fingerprint density at radius 3 is 2.58 bits per heavy atom. The van der Waals surface area contributed by atoms with Crippen LogP contribution in [0.2, 0.25) is 5.02 Å². The van der Waals surface area contributed by atoms with Crippen LogP contribution in [0.1, 0.15) is 37.1 Å². The zero-order valence-corrected chi connectivity index (χ0v) is 20.0. The number of nitrogens with zero attached hydrogens (tertiary/aromatic N) is 3. The lowest BCUT2D eigenvalue weighted by molar-refractivity contribution is -0.119. The average Bonchev–Trinajstić information content (AvgIpc) is 3.45. The molecule has 1 fully saturated rings. The first-order chi connectivity index (χ1) is 16.0. The van der Waals surface area contributed by atoms with Crippen molar-refractivity contribution in [3.05, 3.63) is 64.9 Å². The fourth-order valence-corrected chi connectivity index (χ4v) is 4.80. The number of thioether (sulfide) groups is 1. The largest absolute Gasteiger partial charge is 0.353 e. The van der Waals surface area contributed by atoms with Crippen molar-refractivity contribution < 1.29 is 9.59 Å². The lowest BCUT2D eigenvalue weighted by Crippen LogP contribution is -2.33. The van der Waals surface area contributed by atoms with Gasteiger partial charge in [0.15, 0.2) is 5.16 Å². The van der Waals surface area contributed by atoms with E-state index >= 15 is 0 Å². The van der Waals surface area contributed by atoms with Crippen molar-refractivity contribution >= 4 is 40.9 Å². The number of benzene rings is 2. The Kier molecular flexibility index (Phi) is 7.67. The minimum absolute atomic E-state index is 0.00921. The van der Waals surface area contributed by atoms with E-state index in [2.05, 4.69) is 20.8 Å². The third-order valence-corrected chi connectivity index (χ3v) is 6.88. The maximum absolute atomic E-state index is 12.7. The smallest absolute Gasteiger partial charge is 0.232 e. The molecule has 2 N–H and O–H groups in total. The summed E-state index contributed by atoms with van der Waals surface area (Å²) in [6.45, 7) is 1.91. The molecule has 3 aromatic rings. The minimum Gasteiger partial charge on any atom is -0.353 e. The lowest BCUT2D eigenvalue weighted by atomic mass is 10.2. The summed E-state index contributed by atoms with van der Waals surface area (Å²) >= 11 is 7.48. The van der Waals surface area contributed by atoms with Gasteiger partial charge in [-0.15, -0.1) is 10.2 Å². The summed E-state index contributed by atoms with van der Waals surface area (Å²) < 4.78 is 1.83. The number of halogens is 1. The van der Waals surface area contributed by atoms with E-state index in [1.807, 2.05) is 54.0 Å². The van der Waals surface area contributed by atoms with Crippen molar-refractivity contribution in [1.82, 2.24) is 20.1 Å². The molecule has 0 atom stereocenters. The van der Waals surface area contributed by atoms with Gasteiger partial charge in [0.2, 0.25) is 11.8 Å². The summed E-state index contributed by atoms with van der Waals surface area (Å²) in [6.07, 6.45) is 4.45. The van der Waals surface area contributed by atoms with Crippen LogP contribution in [-0.2, 0) is 16.0 Å². The highest BCUT2D eigenvalue weighted by atomic mass is 35.5. The molecule has 1 aliphatic rings. The van der Waals surface area contributed by atoms with Gasteiger partial charge in [0, 0.05) is 22.4 Å². The van der Waals surface area contributed by atoms with Gasteiger partial charge in [0.1, 0.15) is 5.82 Å². The number of aryl methyl sites for hydroxylation is 1. The molecule has 1 saturated carbocycles. The van der Waals surface area contributed by atoms with E-state index in [0.717, 1.165) is 24.1 Å². The predicted octanol–water partition coefficient (Wildman–Crippen LogP) is 4.56. The van der Waals surface area contributed by atoms with Crippen LogP contribution < -0.4 is 10.6 Å². The lowest BCUT2D eigenvalue weighted by Gasteiger charge is -2.13. The fourth-order valence-electron chi connectivity index (χ4n) is 3.83. The molecular weight excluding hydrogens is 458 g/mol. The van der Waals surface area contributed by atoms with E-state index in [-0.39, 0.29) is 30.0 Å². The van der Waals surface area contributed by atoms with Gasteiger partial charge in [-0.1, -0.05) is 60.5 Å². The van der Waals surface area contributed by atoms with Crippen LogP contribution >= 0.6 is 23.4 Å². The molecule has 0 bridgehead atoms. The summed E-state index contributed by atoms with van der Waals surface area (Å²) in [5.41, 5.74) is 2.40. The molecule has 172 valence electrons. The van der Waals surface area contributed by atoms with Gasteiger partial charge in [0.05, 0.1) is 12.2 Å². The molecule has 0 saturated heterocycles. The van der Waals surface area contributed by atoms with Crippen molar-refractivity contribution in [2.24, 2.45) is 0 Å². The maximum atomic E-state index is 12.7. The third-order valence-electron chi connectivity index (χ3n) is 5.54. The van der Waals surface area contributed by atoms with Crippen molar-refractivity contribution in [1.29, 1.82) is 0 Å². The van der Waals surface area contributed by atoms with Crippen molar-refractivity contribution in [2.75, 3.05) is 11.1 Å². The van der Waals surface area contributed by atoms with E-state index in [9.17, 15) is 9.59 Å². The van der Waals surface area contributed by atoms with Crippen LogP contribution in [0.4, 0.5) is 5.69 Å². The Hall–Kier alpha value is -2.84. The molecule has 2 amide bonds. The first-order valence-corrected chi connectivity index (χ1v) is 12.3. The summed E-state index contributed by atoms with van der Waals surface area (Å²) in [7, 11) is 0. The Labute approximate surface area is 202 Å². The molecule has 1 aromatic heterocycles. The molecule has 2 aromatic carbocycles. The number of carbonyl (C=O) groups is 2. The Morgan fingerprint density at radius 1 is 1.09 bits per heavy atom. The fraction of sp³-hybridized carbons (Fsp3) is 0.333. The summed E-state index contributed by atoms with van der Waals surface area (Å²) in [6, 6.07) is 15.3. The van der Waals surface area contributed by atoms with E-state index in [1.165, 1.54) is 24.6 Å². The normalized spacial score (nSPS) is 13.8. The number of carbonyl (C=O) groups excluding carboxylic acids is 2. The van der Waals surface area contributed by atoms with Gasteiger partial charge in [0.25, 0.3) is 0 Å². The maximum Gasteiger partial charge on any atom is 0.232 e. The molecule has 1 heterocycles. The predicted molar refractivity (Wildman–Crippen MR) is 131 cm³/mol. The van der Waals surface area contributed by atoms with Gasteiger partial charge in [-0.2, -0.15) is 0 Å². The van der Waals surface area contributed by atoms with Crippen LogP contribution in [0, 0.1) is 6.92 Å². The number of anilines is 1. The molecule has 0 aliphatic heterocycles. The van der Waals surface area contributed by atoms with Gasteiger partial charge < -0.3 is 10.6 Å². The van der Waals surface area contributed by atoms with Crippen LogP contribution in [-0.4, -0.2) is 38.4 Å². The molecule has 0 radical (unpaired) electrons. The summed E-state index contributed by atoms with van der Waals surface area (Å²) in [5.74, 6) is 0.505. The number of rotatable bonds is 8. The minimum atomic E-state index is -0.227. The van der Waals surface area contributed by atoms with Crippen LogP contribution in [0.3, 0.4) is 0 Å². The highest BCUT2D eigenvalue weighted by Crippen LogP contribution is 2.24. The monoisotopic (exact) mass is 483 g/mol. The Morgan fingerprint density at radius 2 is 1.85 bits per heavy atom. The molecule has 33 heavy (non-hydrogen) atoms. The molecule has 7 nitrogen and oxygen atoms in total. The van der Waals surface area contributed by atoms with Crippen LogP contribution in [0.15, 0.2) is 53.7 Å². The Balaban J connectivity index is 1.47. The van der Waals surface area contributed by atoms with Gasteiger partial charge in [-0.25, -0.2) is 0 Å². The summed E-state index contributed by atoms with van der Waals surface area (Å²) in [4.78, 5) is 25.1. The standard InChI is InChI=1S/C24H26ClN5O2S/c1-16-11-12-18(13-20(16)25)27-22(31)14-21-28-29-24(30(21)19-9-3-2-4-10-19)33-15-23(32)26-17-7-5-6-8-17/h2-4,9-13,17H,5-8,14-15H2,1H3,(H,26,32)(H,27,31). The zero-order chi connectivity index (χ0) is 23.2. The second-order valence-corrected chi connectivity index (χ2v) is 9.45. The third kappa shape index (κ3) is 6.15. The van der Waals surface area contributed by atoms with Crippen molar-refractivity contribution in [3.8, 4) is 5.69 Å². The average molecular weight is 484 g/mol. The molecular formula is C24H26ClN5O2S. The topological polar surface area (TPSA) is 88.9 Å². The number of para-hydroxylation sites is 1. The number of amides is 2. The van der Waals surface area contributed by atoms with Crippen LogP contribution in [0.5, 0.6) is 0 Å². The number of hydrogen-bond donors (Lipinski definition) is 2. The number of nitrogens with one attached hydrogen (secondary N) is 2. The van der Waals surface area contributed by atoms with Crippen molar-refractivity contribution in [2.45, 2.75) is 50.2 Å². The van der Waals surface area contributed by atoms with Gasteiger partial charge >= 0.3 is 0 Å². The number of aromatic nitrogens is 3. The molecule has 1 aliphatic carbocycles. The highest BCUT2D eigenvalue weighted by Gasteiger charge is 2.20. The van der Waals surface area contributed by atoms with E-state index in [4.69, 9.17) is 11.6 Å². The highest BCUT2D eigenvalue weighted by molar-refractivity contribution is 7.99. The van der Waals surface area contributed by atoms with Gasteiger partial charge in [-0.05, 0) is 49.6 Å². The van der Waals surface area contributed by atoms with Crippen molar-refractivity contribution in [3.63, 3.8) is 0 Å². The van der Waals surface area contributed by atoms with Crippen LogP contribution in [0.25, 0.3) is 5.69 Å². The quantitative estimate of drug-likeness (QED) is 0.458. The molecule has 4 rings (SSSR count). The van der Waals surface area contributed by atoms with E-state index < -0.39 is 0 Å². The second kappa shape index (κ2) is 10.9.